The van der Waals surface area contributed by atoms with Gasteiger partial charge in [-0.1, -0.05) is 13.8 Å². The van der Waals surface area contributed by atoms with Crippen molar-refractivity contribution in [2.45, 2.75) is 51.6 Å². The molecule has 0 radical (unpaired) electrons. The Labute approximate surface area is 119 Å². The summed E-state index contributed by atoms with van der Waals surface area (Å²) < 4.78 is 0. The van der Waals surface area contributed by atoms with Crippen LogP contribution in [-0.2, 0) is 0 Å². The summed E-state index contributed by atoms with van der Waals surface area (Å²) in [5, 5.41) is 12.9. The van der Waals surface area contributed by atoms with Crippen molar-refractivity contribution in [2.75, 3.05) is 46.4 Å². The number of aliphatic hydroxyl groups is 1. The maximum absolute atomic E-state index is 9.52. The smallest absolute Gasteiger partial charge is 0.0611 e. The van der Waals surface area contributed by atoms with Crippen molar-refractivity contribution < 1.29 is 5.11 Å². The van der Waals surface area contributed by atoms with Crippen LogP contribution in [0.1, 0.15) is 40.0 Å². The number of nitrogens with zero attached hydrogens (tertiary/aromatic N) is 2. The van der Waals surface area contributed by atoms with Crippen LogP contribution in [-0.4, -0.2) is 72.9 Å². The number of likely N-dealkylation sites (N-methyl/N-ethyl adjacent to an activating group) is 1. The van der Waals surface area contributed by atoms with Gasteiger partial charge in [0.2, 0.25) is 0 Å². The summed E-state index contributed by atoms with van der Waals surface area (Å²) >= 11 is 0. The van der Waals surface area contributed by atoms with Crippen molar-refractivity contribution in [1.82, 2.24) is 15.1 Å². The number of hydrogen-bond donors (Lipinski definition) is 2. The number of rotatable bonds is 8. The quantitative estimate of drug-likeness (QED) is 0.695. The molecule has 4 nitrogen and oxygen atoms in total. The van der Waals surface area contributed by atoms with Gasteiger partial charge in [-0.05, 0) is 66.0 Å². The minimum atomic E-state index is -0.132. The summed E-state index contributed by atoms with van der Waals surface area (Å²) in [5.41, 5.74) is -0.132. The summed E-state index contributed by atoms with van der Waals surface area (Å²) in [7, 11) is 2.23. The molecular weight excluding hydrogens is 238 g/mol. The highest BCUT2D eigenvalue weighted by molar-refractivity contribution is 4.85. The fourth-order valence-corrected chi connectivity index (χ4v) is 2.93. The number of hydrogen-bond acceptors (Lipinski definition) is 4. The molecule has 0 aromatic rings. The maximum Gasteiger partial charge on any atom is 0.0611 e. The Bertz CT molecular complexity index is 242. The number of aliphatic hydroxyl groups excluding tert-OH is 1. The number of likely N-dealkylation sites (tertiary alicyclic amines) is 1. The molecule has 1 aliphatic rings. The van der Waals surface area contributed by atoms with E-state index in [4.69, 9.17) is 0 Å². The van der Waals surface area contributed by atoms with E-state index in [-0.39, 0.29) is 12.1 Å². The highest BCUT2D eigenvalue weighted by atomic mass is 16.3. The molecule has 0 aromatic carbocycles. The Morgan fingerprint density at radius 2 is 1.95 bits per heavy atom. The molecule has 1 saturated heterocycles. The largest absolute Gasteiger partial charge is 0.394 e. The summed E-state index contributed by atoms with van der Waals surface area (Å²) in [6.45, 7) is 12.3. The van der Waals surface area contributed by atoms with Crippen LogP contribution in [0.5, 0.6) is 0 Å². The van der Waals surface area contributed by atoms with Gasteiger partial charge in [-0.3, -0.25) is 0 Å². The van der Waals surface area contributed by atoms with Crippen LogP contribution in [0, 0.1) is 0 Å². The molecule has 1 heterocycles. The molecule has 0 aromatic heterocycles. The molecule has 1 atom stereocenters. The second kappa shape index (κ2) is 8.20. The monoisotopic (exact) mass is 271 g/mol. The minimum absolute atomic E-state index is 0.132. The van der Waals surface area contributed by atoms with Gasteiger partial charge >= 0.3 is 0 Å². The van der Waals surface area contributed by atoms with E-state index in [0.717, 1.165) is 19.5 Å². The average Bonchev–Trinajstić information content (AvgIpc) is 2.45. The zero-order chi connectivity index (χ0) is 14.3. The van der Waals surface area contributed by atoms with Crippen LogP contribution >= 0.6 is 0 Å². The maximum atomic E-state index is 9.52. The second-order valence-electron chi connectivity index (χ2n) is 6.15. The van der Waals surface area contributed by atoms with Gasteiger partial charge in [-0.25, -0.2) is 0 Å². The summed E-state index contributed by atoms with van der Waals surface area (Å²) in [6.07, 6.45) is 3.56. The van der Waals surface area contributed by atoms with E-state index in [1.54, 1.807) is 0 Å². The van der Waals surface area contributed by atoms with Crippen LogP contribution in [0.25, 0.3) is 0 Å². The predicted octanol–water partition coefficient (Wildman–Crippen LogP) is 1.15. The molecule has 0 amide bonds. The van der Waals surface area contributed by atoms with Crippen molar-refractivity contribution in [3.8, 4) is 0 Å². The highest BCUT2D eigenvalue weighted by Crippen LogP contribution is 2.17. The lowest BCUT2D eigenvalue weighted by molar-refractivity contribution is 0.108. The molecular formula is C15H33N3O. The first-order valence-corrected chi connectivity index (χ1v) is 7.83. The predicted molar refractivity (Wildman–Crippen MR) is 81.6 cm³/mol. The summed E-state index contributed by atoms with van der Waals surface area (Å²) in [6, 6.07) is 0.715. The molecule has 114 valence electrons. The summed E-state index contributed by atoms with van der Waals surface area (Å²) in [5.74, 6) is 0. The molecule has 1 fully saturated rings. The zero-order valence-corrected chi connectivity index (χ0v) is 13.3. The fourth-order valence-electron chi connectivity index (χ4n) is 2.93. The second-order valence-corrected chi connectivity index (χ2v) is 6.15. The van der Waals surface area contributed by atoms with E-state index >= 15 is 0 Å². The average molecular weight is 271 g/mol. The van der Waals surface area contributed by atoms with Crippen LogP contribution in [0.15, 0.2) is 0 Å². The third-order valence-electron chi connectivity index (χ3n) is 4.60. The lowest BCUT2D eigenvalue weighted by Crippen LogP contribution is -2.49. The van der Waals surface area contributed by atoms with Gasteiger partial charge < -0.3 is 20.2 Å². The van der Waals surface area contributed by atoms with Gasteiger partial charge in [0.05, 0.1) is 6.61 Å². The van der Waals surface area contributed by atoms with Gasteiger partial charge in [0.1, 0.15) is 0 Å². The lowest BCUT2D eigenvalue weighted by Gasteiger charge is -2.38. The highest BCUT2D eigenvalue weighted by Gasteiger charge is 2.25. The van der Waals surface area contributed by atoms with Crippen molar-refractivity contribution in [1.29, 1.82) is 0 Å². The van der Waals surface area contributed by atoms with Gasteiger partial charge in [0, 0.05) is 11.6 Å². The molecule has 0 spiro atoms. The van der Waals surface area contributed by atoms with Crippen LogP contribution in [0.3, 0.4) is 0 Å². The van der Waals surface area contributed by atoms with Crippen molar-refractivity contribution >= 4 is 0 Å². The topological polar surface area (TPSA) is 38.7 Å². The molecule has 4 heteroatoms. The molecule has 0 bridgehead atoms. The summed E-state index contributed by atoms with van der Waals surface area (Å²) in [4.78, 5) is 5.01. The van der Waals surface area contributed by atoms with Crippen LogP contribution in [0.2, 0.25) is 0 Å². The Kier molecular flexibility index (Phi) is 7.29. The van der Waals surface area contributed by atoms with E-state index in [9.17, 15) is 5.11 Å². The first kappa shape index (κ1) is 16.9. The molecule has 0 aliphatic carbocycles. The first-order valence-electron chi connectivity index (χ1n) is 7.83. The molecule has 2 N–H and O–H groups in total. The minimum Gasteiger partial charge on any atom is -0.394 e. The Balaban J connectivity index is 2.32. The third-order valence-corrected chi connectivity index (χ3v) is 4.60. The van der Waals surface area contributed by atoms with Crippen molar-refractivity contribution in [3.05, 3.63) is 0 Å². The van der Waals surface area contributed by atoms with Gasteiger partial charge in [-0.2, -0.15) is 0 Å². The Morgan fingerprint density at radius 3 is 2.42 bits per heavy atom. The third kappa shape index (κ3) is 5.38. The van der Waals surface area contributed by atoms with E-state index in [2.05, 4.69) is 42.9 Å². The number of nitrogens with one attached hydrogen (secondary N) is 1. The first-order chi connectivity index (χ1) is 9.04. The van der Waals surface area contributed by atoms with Crippen LogP contribution < -0.4 is 5.32 Å². The van der Waals surface area contributed by atoms with Gasteiger partial charge in [0.15, 0.2) is 0 Å². The molecule has 19 heavy (non-hydrogen) atoms. The van der Waals surface area contributed by atoms with E-state index < -0.39 is 0 Å². The van der Waals surface area contributed by atoms with Crippen molar-refractivity contribution in [2.24, 2.45) is 0 Å². The molecule has 1 aliphatic heterocycles. The van der Waals surface area contributed by atoms with Gasteiger partial charge in [-0.15, -0.1) is 0 Å². The zero-order valence-electron chi connectivity index (χ0n) is 13.3. The Morgan fingerprint density at radius 1 is 1.32 bits per heavy atom. The number of piperidine rings is 1. The van der Waals surface area contributed by atoms with E-state index in [1.807, 2.05) is 0 Å². The van der Waals surface area contributed by atoms with Gasteiger partial charge in [0.25, 0.3) is 0 Å². The molecule has 1 unspecified atom stereocenters. The molecule has 0 saturated carbocycles. The van der Waals surface area contributed by atoms with E-state index in [0.29, 0.717) is 6.04 Å². The Hall–Kier alpha value is -0.160. The lowest BCUT2D eigenvalue weighted by atomic mass is 9.97. The normalized spacial score (nSPS) is 21.8. The SMILES string of the molecule is CCNC(C)(CO)CCN(C)C1CCN(CC)CC1. The fraction of sp³-hybridized carbons (Fsp3) is 1.00. The van der Waals surface area contributed by atoms with Crippen LogP contribution in [0.4, 0.5) is 0 Å². The van der Waals surface area contributed by atoms with E-state index in [1.165, 1.54) is 32.5 Å². The standard InChI is InChI=1S/C15H33N3O/c1-5-16-15(3,13-19)9-12-17(4)14-7-10-18(6-2)11-8-14/h14,16,19H,5-13H2,1-4H3. The molecule has 1 rings (SSSR count). The van der Waals surface area contributed by atoms with Crippen molar-refractivity contribution in [3.63, 3.8) is 0 Å².